The third kappa shape index (κ3) is 9.26. The molecule has 1 heteroatoms. The van der Waals surface area contributed by atoms with E-state index in [2.05, 4.69) is 24.7 Å². The number of rotatable bonds is 7. The van der Waals surface area contributed by atoms with Gasteiger partial charge in [0.05, 0.1) is 0 Å². The SMILES string of the molecule is C#CCCCCNCCC(=C)C. The Kier molecular flexibility index (Phi) is 7.84. The van der Waals surface area contributed by atoms with Gasteiger partial charge in [-0.15, -0.1) is 18.9 Å². The Morgan fingerprint density at radius 3 is 2.75 bits per heavy atom. The van der Waals surface area contributed by atoms with Crippen molar-refractivity contribution < 1.29 is 0 Å². The molecule has 0 spiro atoms. The van der Waals surface area contributed by atoms with Crippen LogP contribution in [0.25, 0.3) is 0 Å². The molecular weight excluding hydrogens is 146 g/mol. The molecule has 0 radical (unpaired) electrons. The van der Waals surface area contributed by atoms with E-state index < -0.39 is 0 Å². The highest BCUT2D eigenvalue weighted by molar-refractivity contribution is 4.88. The molecule has 0 bridgehead atoms. The van der Waals surface area contributed by atoms with Crippen molar-refractivity contribution in [1.82, 2.24) is 5.32 Å². The van der Waals surface area contributed by atoms with E-state index in [9.17, 15) is 0 Å². The molecule has 0 amide bonds. The van der Waals surface area contributed by atoms with Gasteiger partial charge in [-0.2, -0.15) is 0 Å². The molecule has 0 heterocycles. The van der Waals surface area contributed by atoms with Crippen LogP contribution in [0.1, 0.15) is 32.6 Å². The van der Waals surface area contributed by atoms with E-state index in [1.54, 1.807) is 0 Å². The summed E-state index contributed by atoms with van der Waals surface area (Å²) in [5.41, 5.74) is 1.24. The molecule has 0 saturated heterocycles. The van der Waals surface area contributed by atoms with Gasteiger partial charge in [0.25, 0.3) is 0 Å². The minimum Gasteiger partial charge on any atom is -0.316 e. The molecule has 0 aromatic carbocycles. The van der Waals surface area contributed by atoms with Crippen LogP contribution in [0.2, 0.25) is 0 Å². The van der Waals surface area contributed by atoms with E-state index in [1.807, 2.05) is 0 Å². The van der Waals surface area contributed by atoms with Crippen LogP contribution >= 0.6 is 0 Å². The zero-order valence-corrected chi connectivity index (χ0v) is 8.03. The van der Waals surface area contributed by atoms with E-state index in [0.717, 1.165) is 32.4 Å². The first kappa shape index (κ1) is 11.3. The van der Waals surface area contributed by atoms with Crippen molar-refractivity contribution in [2.45, 2.75) is 32.6 Å². The average Bonchev–Trinajstić information content (AvgIpc) is 2.02. The predicted molar refractivity (Wildman–Crippen MR) is 55.0 cm³/mol. The Labute approximate surface area is 76.2 Å². The van der Waals surface area contributed by atoms with Gasteiger partial charge in [0.15, 0.2) is 0 Å². The van der Waals surface area contributed by atoms with Crippen LogP contribution in [0.3, 0.4) is 0 Å². The molecule has 68 valence electrons. The molecule has 1 nitrogen and oxygen atoms in total. The molecule has 0 aromatic heterocycles. The first-order valence-corrected chi connectivity index (χ1v) is 4.56. The zero-order chi connectivity index (χ0) is 9.23. The number of terminal acetylenes is 1. The van der Waals surface area contributed by atoms with Crippen LogP contribution in [0.5, 0.6) is 0 Å². The second-order valence-electron chi connectivity index (χ2n) is 3.12. The van der Waals surface area contributed by atoms with Gasteiger partial charge in [-0.25, -0.2) is 0 Å². The fourth-order valence-corrected chi connectivity index (χ4v) is 0.904. The first-order valence-electron chi connectivity index (χ1n) is 4.56. The number of nitrogens with one attached hydrogen (secondary N) is 1. The lowest BCUT2D eigenvalue weighted by atomic mass is 10.2. The molecule has 0 aliphatic carbocycles. The Bertz CT molecular complexity index is 153. The van der Waals surface area contributed by atoms with E-state index in [4.69, 9.17) is 6.42 Å². The minimum absolute atomic E-state index is 0.905. The van der Waals surface area contributed by atoms with Gasteiger partial charge in [-0.1, -0.05) is 5.57 Å². The Morgan fingerprint density at radius 1 is 1.42 bits per heavy atom. The van der Waals surface area contributed by atoms with Gasteiger partial charge < -0.3 is 5.32 Å². The van der Waals surface area contributed by atoms with Gasteiger partial charge in [-0.3, -0.25) is 0 Å². The third-order valence-corrected chi connectivity index (χ3v) is 1.65. The van der Waals surface area contributed by atoms with Crippen LogP contribution in [0.4, 0.5) is 0 Å². The van der Waals surface area contributed by atoms with Crippen LogP contribution in [0.15, 0.2) is 12.2 Å². The van der Waals surface area contributed by atoms with Crippen LogP contribution in [-0.4, -0.2) is 13.1 Å². The summed E-state index contributed by atoms with van der Waals surface area (Å²) in [6.45, 7) is 8.02. The number of hydrogen-bond donors (Lipinski definition) is 1. The van der Waals surface area contributed by atoms with E-state index in [-0.39, 0.29) is 0 Å². The van der Waals surface area contributed by atoms with E-state index in [1.165, 1.54) is 12.0 Å². The smallest absolute Gasteiger partial charge is 0.00865 e. The Morgan fingerprint density at radius 2 is 2.17 bits per heavy atom. The summed E-state index contributed by atoms with van der Waals surface area (Å²) < 4.78 is 0. The zero-order valence-electron chi connectivity index (χ0n) is 8.03. The normalized spacial score (nSPS) is 9.33. The van der Waals surface area contributed by atoms with E-state index >= 15 is 0 Å². The third-order valence-electron chi connectivity index (χ3n) is 1.65. The molecule has 0 aromatic rings. The lowest BCUT2D eigenvalue weighted by molar-refractivity contribution is 0.628. The Hall–Kier alpha value is -0.740. The van der Waals surface area contributed by atoms with Crippen molar-refractivity contribution in [2.75, 3.05) is 13.1 Å². The lowest BCUT2D eigenvalue weighted by Gasteiger charge is -2.02. The summed E-state index contributed by atoms with van der Waals surface area (Å²) in [4.78, 5) is 0. The van der Waals surface area contributed by atoms with Crippen LogP contribution < -0.4 is 5.32 Å². The predicted octanol–water partition coefficient (Wildman–Crippen LogP) is 2.35. The monoisotopic (exact) mass is 165 g/mol. The molecule has 0 saturated carbocycles. The van der Waals surface area contributed by atoms with Gasteiger partial charge >= 0.3 is 0 Å². The highest BCUT2D eigenvalue weighted by atomic mass is 14.8. The van der Waals surface area contributed by atoms with Crippen LogP contribution in [0, 0.1) is 12.3 Å². The molecule has 12 heavy (non-hydrogen) atoms. The number of hydrogen-bond acceptors (Lipinski definition) is 1. The molecular formula is C11H19N. The highest BCUT2D eigenvalue weighted by Crippen LogP contribution is 1.94. The quantitative estimate of drug-likeness (QED) is 0.347. The van der Waals surface area contributed by atoms with E-state index in [0.29, 0.717) is 0 Å². The molecule has 0 unspecified atom stereocenters. The van der Waals surface area contributed by atoms with Crippen molar-refractivity contribution in [3.05, 3.63) is 12.2 Å². The summed E-state index contributed by atoms with van der Waals surface area (Å²) in [5, 5.41) is 3.35. The summed E-state index contributed by atoms with van der Waals surface area (Å²) >= 11 is 0. The highest BCUT2D eigenvalue weighted by Gasteiger charge is 1.88. The lowest BCUT2D eigenvalue weighted by Crippen LogP contribution is -2.16. The second kappa shape index (κ2) is 8.36. The minimum atomic E-state index is 0.905. The maximum absolute atomic E-state index is 5.13. The largest absolute Gasteiger partial charge is 0.316 e. The maximum atomic E-state index is 5.13. The maximum Gasteiger partial charge on any atom is 0.00865 e. The van der Waals surface area contributed by atoms with Gasteiger partial charge in [0, 0.05) is 6.42 Å². The fraction of sp³-hybridized carbons (Fsp3) is 0.636. The summed E-state index contributed by atoms with van der Waals surface area (Å²) in [6, 6.07) is 0. The summed E-state index contributed by atoms with van der Waals surface area (Å²) in [6.07, 6.45) is 9.43. The van der Waals surface area contributed by atoms with Crippen molar-refractivity contribution in [3.8, 4) is 12.3 Å². The van der Waals surface area contributed by atoms with Crippen LogP contribution in [-0.2, 0) is 0 Å². The molecule has 0 aliphatic heterocycles. The summed E-state index contributed by atoms with van der Waals surface area (Å²) in [5.74, 6) is 2.63. The molecule has 0 rings (SSSR count). The molecule has 0 atom stereocenters. The first-order chi connectivity index (χ1) is 5.77. The fourth-order valence-electron chi connectivity index (χ4n) is 0.904. The van der Waals surface area contributed by atoms with Crippen molar-refractivity contribution in [1.29, 1.82) is 0 Å². The average molecular weight is 165 g/mol. The second-order valence-corrected chi connectivity index (χ2v) is 3.12. The van der Waals surface area contributed by atoms with Gasteiger partial charge in [-0.05, 0) is 39.3 Å². The standard InChI is InChI=1S/C11H19N/c1-4-5-6-7-9-12-10-8-11(2)3/h1,12H,2,5-10H2,3H3. The van der Waals surface area contributed by atoms with Crippen molar-refractivity contribution in [2.24, 2.45) is 0 Å². The summed E-state index contributed by atoms with van der Waals surface area (Å²) in [7, 11) is 0. The molecule has 0 fully saturated rings. The molecule has 0 aliphatic rings. The van der Waals surface area contributed by atoms with Crippen molar-refractivity contribution in [3.63, 3.8) is 0 Å². The topological polar surface area (TPSA) is 12.0 Å². The Balaban J connectivity index is 2.92. The van der Waals surface area contributed by atoms with Crippen molar-refractivity contribution >= 4 is 0 Å². The van der Waals surface area contributed by atoms with Gasteiger partial charge in [0.2, 0.25) is 0 Å². The number of unbranched alkanes of at least 4 members (excludes halogenated alkanes) is 2. The molecule has 1 N–H and O–H groups in total. The van der Waals surface area contributed by atoms with Gasteiger partial charge in [0.1, 0.15) is 0 Å².